The molecule has 1 unspecified atom stereocenters. The van der Waals surface area contributed by atoms with E-state index in [2.05, 4.69) is 0 Å². The first-order chi connectivity index (χ1) is 15.2. The van der Waals surface area contributed by atoms with Gasteiger partial charge in [-0.25, -0.2) is 4.39 Å². The van der Waals surface area contributed by atoms with Gasteiger partial charge in [0.05, 0.1) is 36.1 Å². The van der Waals surface area contributed by atoms with E-state index in [1.54, 1.807) is 6.07 Å². The second kappa shape index (κ2) is 8.24. The quantitative estimate of drug-likeness (QED) is 0.676. The first kappa shape index (κ1) is 21.8. The summed E-state index contributed by atoms with van der Waals surface area (Å²) in [5.41, 5.74) is -0.409. The Kier molecular flexibility index (Phi) is 5.60. The van der Waals surface area contributed by atoms with Gasteiger partial charge in [0.15, 0.2) is 0 Å². The van der Waals surface area contributed by atoms with Gasteiger partial charge < -0.3 is 9.64 Å². The molecule has 0 N–H and O–H groups in total. The van der Waals surface area contributed by atoms with E-state index in [1.807, 2.05) is 0 Å². The lowest BCUT2D eigenvalue weighted by Crippen LogP contribution is -2.65. The summed E-state index contributed by atoms with van der Waals surface area (Å²) in [5.74, 6) is -2.09. The van der Waals surface area contributed by atoms with Crippen LogP contribution < -0.4 is 4.90 Å². The van der Waals surface area contributed by atoms with Crippen LogP contribution in [0, 0.1) is 23.1 Å². The monoisotopic (exact) mass is 447 g/mol. The maximum absolute atomic E-state index is 14.5. The smallest absolute Gasteiger partial charge is 0.380 e. The Morgan fingerprint density at radius 1 is 1.09 bits per heavy atom. The first-order valence-electron chi connectivity index (χ1n) is 9.73. The van der Waals surface area contributed by atoms with Gasteiger partial charge in [-0.3, -0.25) is 14.5 Å². The van der Waals surface area contributed by atoms with Gasteiger partial charge in [-0.2, -0.15) is 18.4 Å². The van der Waals surface area contributed by atoms with E-state index < -0.39 is 42.0 Å². The summed E-state index contributed by atoms with van der Waals surface area (Å²) in [7, 11) is 0. The summed E-state index contributed by atoms with van der Waals surface area (Å²) in [4.78, 5) is 28.6. The Labute approximate surface area is 180 Å². The highest BCUT2D eigenvalue weighted by atomic mass is 19.4. The number of alkyl halides is 3. The highest BCUT2D eigenvalue weighted by molar-refractivity contribution is 6.06. The molecule has 2 heterocycles. The van der Waals surface area contributed by atoms with E-state index in [1.165, 1.54) is 29.2 Å². The Morgan fingerprint density at radius 3 is 2.31 bits per heavy atom. The third kappa shape index (κ3) is 4.03. The zero-order valence-corrected chi connectivity index (χ0v) is 16.6. The molecular formula is C22H17F4N3O3. The number of carbonyl (C=O) groups excluding carboxylic acids is 2. The van der Waals surface area contributed by atoms with Gasteiger partial charge in [0, 0.05) is 12.5 Å². The van der Waals surface area contributed by atoms with Gasteiger partial charge in [0.25, 0.3) is 5.91 Å². The van der Waals surface area contributed by atoms with Crippen LogP contribution in [0.3, 0.4) is 0 Å². The molecule has 0 spiro atoms. The van der Waals surface area contributed by atoms with Crippen molar-refractivity contribution in [3.8, 4) is 6.07 Å². The molecule has 32 heavy (non-hydrogen) atoms. The van der Waals surface area contributed by atoms with Gasteiger partial charge in [-0.05, 0) is 35.9 Å². The van der Waals surface area contributed by atoms with Crippen LogP contribution in [0.5, 0.6) is 0 Å². The van der Waals surface area contributed by atoms with Crippen molar-refractivity contribution in [2.24, 2.45) is 5.92 Å². The van der Waals surface area contributed by atoms with Crippen molar-refractivity contribution < 1.29 is 31.9 Å². The molecule has 2 fully saturated rings. The van der Waals surface area contributed by atoms with Crippen molar-refractivity contribution in [2.75, 3.05) is 24.7 Å². The zero-order valence-electron chi connectivity index (χ0n) is 16.6. The number of hydrogen-bond acceptors (Lipinski definition) is 4. The third-order valence-corrected chi connectivity index (χ3v) is 5.58. The van der Waals surface area contributed by atoms with E-state index in [9.17, 15) is 27.2 Å². The molecule has 0 aromatic heterocycles. The number of amides is 2. The van der Waals surface area contributed by atoms with Gasteiger partial charge in [-0.1, -0.05) is 12.1 Å². The minimum atomic E-state index is -4.48. The Morgan fingerprint density at radius 2 is 1.78 bits per heavy atom. The number of hydrogen-bond donors (Lipinski definition) is 0. The molecule has 6 nitrogen and oxygen atoms in total. The maximum Gasteiger partial charge on any atom is 0.416 e. The van der Waals surface area contributed by atoms with Crippen LogP contribution in [0.1, 0.15) is 16.7 Å². The van der Waals surface area contributed by atoms with Gasteiger partial charge >= 0.3 is 6.18 Å². The first-order valence-corrected chi connectivity index (χ1v) is 9.73. The van der Waals surface area contributed by atoms with Crippen LogP contribution >= 0.6 is 0 Å². The number of benzene rings is 2. The van der Waals surface area contributed by atoms with Crippen LogP contribution in [0.4, 0.5) is 23.2 Å². The minimum Gasteiger partial charge on any atom is -0.380 e. The summed E-state index contributed by atoms with van der Waals surface area (Å²) in [6, 6.07) is 8.86. The molecular weight excluding hydrogens is 430 g/mol. The fourth-order valence-electron chi connectivity index (χ4n) is 3.83. The Hall–Kier alpha value is -3.45. The predicted molar refractivity (Wildman–Crippen MR) is 104 cm³/mol. The van der Waals surface area contributed by atoms with Crippen LogP contribution in [0.25, 0.3) is 0 Å². The second-order valence-electron chi connectivity index (χ2n) is 7.66. The normalized spacial score (nSPS) is 19.7. The van der Waals surface area contributed by atoms with Crippen molar-refractivity contribution in [1.29, 1.82) is 5.26 Å². The van der Waals surface area contributed by atoms with Crippen LogP contribution in [0.15, 0.2) is 42.5 Å². The number of piperazine rings is 1. The summed E-state index contributed by atoms with van der Waals surface area (Å²) in [6.07, 6.45) is -4.48. The average molecular weight is 447 g/mol. The molecule has 0 aliphatic carbocycles. The zero-order chi connectivity index (χ0) is 23.0. The Bertz CT molecular complexity index is 1090. The Balaban J connectivity index is 1.61. The van der Waals surface area contributed by atoms with Crippen molar-refractivity contribution >= 4 is 17.5 Å². The molecule has 2 amide bonds. The van der Waals surface area contributed by atoms with Crippen molar-refractivity contribution in [1.82, 2.24) is 4.90 Å². The average Bonchev–Trinajstić information content (AvgIpc) is 2.71. The van der Waals surface area contributed by atoms with Gasteiger partial charge in [-0.15, -0.1) is 0 Å². The van der Waals surface area contributed by atoms with Crippen molar-refractivity contribution in [3.63, 3.8) is 0 Å². The number of anilines is 1. The molecule has 2 aliphatic heterocycles. The van der Waals surface area contributed by atoms with E-state index >= 15 is 0 Å². The van der Waals surface area contributed by atoms with Crippen LogP contribution in [-0.4, -0.2) is 42.5 Å². The van der Waals surface area contributed by atoms with E-state index in [0.29, 0.717) is 5.56 Å². The fourth-order valence-corrected chi connectivity index (χ4v) is 3.83. The number of halogens is 4. The summed E-state index contributed by atoms with van der Waals surface area (Å²) in [5, 5.41) is 8.91. The topological polar surface area (TPSA) is 73.6 Å². The highest BCUT2D eigenvalue weighted by Crippen LogP contribution is 2.32. The third-order valence-electron chi connectivity index (χ3n) is 5.58. The molecule has 4 rings (SSSR count). The maximum atomic E-state index is 14.5. The second-order valence-corrected chi connectivity index (χ2v) is 7.66. The number of carbonyl (C=O) groups is 2. The van der Waals surface area contributed by atoms with E-state index in [0.717, 1.165) is 23.1 Å². The molecule has 1 atom stereocenters. The number of rotatable bonds is 4. The van der Waals surface area contributed by atoms with Crippen molar-refractivity contribution in [3.05, 3.63) is 65.0 Å². The molecule has 2 saturated heterocycles. The predicted octanol–water partition coefficient (Wildman–Crippen LogP) is 3.11. The fraction of sp³-hybridized carbons (Fsp3) is 0.318. The van der Waals surface area contributed by atoms with E-state index in [4.69, 9.17) is 10.00 Å². The van der Waals surface area contributed by atoms with E-state index in [-0.39, 0.29) is 36.9 Å². The standard InChI is InChI=1S/C22H17F4N3O3/c23-17-7-14(8-27)3-6-18(17)28-10-19(30)29(20(21(28)31)15-11-32-12-15)9-13-1-4-16(5-2-13)22(24,25)26/h1-7,15,20H,9-12H2. The largest absolute Gasteiger partial charge is 0.416 e. The molecule has 2 aliphatic rings. The number of nitriles is 1. The lowest BCUT2D eigenvalue weighted by molar-refractivity contribution is -0.155. The number of ether oxygens (including phenoxy) is 1. The SMILES string of the molecule is N#Cc1ccc(N2CC(=O)N(Cc3ccc(C(F)(F)F)cc3)C(C3COC3)C2=O)c(F)c1. The molecule has 0 bridgehead atoms. The highest BCUT2D eigenvalue weighted by Gasteiger charge is 2.47. The summed E-state index contributed by atoms with van der Waals surface area (Å²) >= 11 is 0. The molecule has 2 aromatic rings. The molecule has 0 saturated carbocycles. The molecule has 10 heteroatoms. The summed E-state index contributed by atoms with van der Waals surface area (Å²) in [6.45, 7) is -0.0201. The molecule has 2 aromatic carbocycles. The van der Waals surface area contributed by atoms with Gasteiger partial charge in [0.1, 0.15) is 18.4 Å². The molecule has 0 radical (unpaired) electrons. The molecule has 166 valence electrons. The number of nitrogens with zero attached hydrogens (tertiary/aromatic N) is 3. The summed E-state index contributed by atoms with van der Waals surface area (Å²) < 4.78 is 58.2. The lowest BCUT2D eigenvalue weighted by Gasteiger charge is -2.45. The van der Waals surface area contributed by atoms with Crippen LogP contribution in [-0.2, 0) is 27.0 Å². The van der Waals surface area contributed by atoms with Crippen molar-refractivity contribution in [2.45, 2.75) is 18.8 Å². The van der Waals surface area contributed by atoms with Gasteiger partial charge in [0.2, 0.25) is 5.91 Å². The minimum absolute atomic E-state index is 0.0619. The lowest BCUT2D eigenvalue weighted by atomic mass is 9.92. The van der Waals surface area contributed by atoms with Crippen LogP contribution in [0.2, 0.25) is 0 Å².